The van der Waals surface area contributed by atoms with Crippen molar-refractivity contribution >= 4 is 25.6 Å². The van der Waals surface area contributed by atoms with Gasteiger partial charge in [0.25, 0.3) is 0 Å². The molecule has 17 nitrogen and oxygen atoms in total. The molecule has 8 N–H and O–H groups in total. The zero-order valence-electron chi connectivity index (χ0n) is 31.5. The van der Waals surface area contributed by atoms with Crippen LogP contribution in [0.4, 0.5) is 0 Å². The maximum atomic E-state index is 13.2. The van der Waals surface area contributed by atoms with E-state index in [4.69, 9.17) is 24.1 Å². The summed E-state index contributed by atoms with van der Waals surface area (Å²) >= 11 is 0. The number of unbranched alkanes of at least 4 members (excludes halogenated alkanes) is 12. The minimum Gasteiger partial charge on any atom is -0.481 e. The molecule has 0 radical (unpaired) electrons. The molecule has 1 unspecified atom stereocenters. The summed E-state index contributed by atoms with van der Waals surface area (Å²) in [6.45, 7) is 0.0400. The quantitative estimate of drug-likeness (QED) is 0.0462. The smallest absolute Gasteiger partial charge is 0.303 e. The third kappa shape index (κ3) is 17.6. The third-order valence-electron chi connectivity index (χ3n) is 9.84. The van der Waals surface area contributed by atoms with E-state index in [0.29, 0.717) is 25.7 Å². The topological polar surface area (TPSA) is 284 Å². The lowest BCUT2D eigenvalue weighted by atomic mass is 9.97. The van der Waals surface area contributed by atoms with E-state index >= 15 is 0 Å². The second-order valence-corrected chi connectivity index (χ2v) is 19.1. The number of carboxylic acid groups (broad SMARTS) is 1. The highest BCUT2D eigenvalue weighted by molar-refractivity contribution is 7.92. The molecule has 54 heavy (non-hydrogen) atoms. The van der Waals surface area contributed by atoms with E-state index in [1.807, 2.05) is 0 Å². The zero-order chi connectivity index (χ0) is 40.3. The number of rotatable bonds is 29. The van der Waals surface area contributed by atoms with Crippen molar-refractivity contribution in [2.75, 3.05) is 42.8 Å². The molecule has 0 aromatic rings. The zero-order valence-corrected chi connectivity index (χ0v) is 33.1. The van der Waals surface area contributed by atoms with Gasteiger partial charge in [-0.2, -0.15) is 0 Å². The number of carbonyl (C=O) groups is 1. The van der Waals surface area contributed by atoms with E-state index < -0.39 is 124 Å². The van der Waals surface area contributed by atoms with Gasteiger partial charge in [0, 0.05) is 12.3 Å². The van der Waals surface area contributed by atoms with Crippen molar-refractivity contribution < 1.29 is 81.4 Å². The van der Waals surface area contributed by atoms with Crippen LogP contribution in [0.25, 0.3) is 0 Å². The van der Waals surface area contributed by atoms with E-state index in [-0.39, 0.29) is 17.9 Å². The van der Waals surface area contributed by atoms with Gasteiger partial charge in [0.05, 0.1) is 42.8 Å². The monoisotopic (exact) mass is 822 g/mol. The Kier molecular flexibility index (Phi) is 23.0. The molecule has 19 heteroatoms. The van der Waals surface area contributed by atoms with Crippen LogP contribution in [-0.4, -0.2) is 168 Å². The van der Waals surface area contributed by atoms with Crippen molar-refractivity contribution in [3.8, 4) is 0 Å². The second kappa shape index (κ2) is 25.3. The highest BCUT2D eigenvalue weighted by atomic mass is 32.2. The summed E-state index contributed by atoms with van der Waals surface area (Å²) in [6.07, 6.45) is -5.44. The average molecular weight is 823 g/mol. The number of aliphatic hydroxyl groups is 7. The van der Waals surface area contributed by atoms with Crippen molar-refractivity contribution in [2.24, 2.45) is 5.92 Å². The van der Waals surface area contributed by atoms with Gasteiger partial charge in [-0.15, -0.1) is 0 Å². The van der Waals surface area contributed by atoms with Crippen LogP contribution in [0.1, 0.15) is 103 Å². The highest BCUT2D eigenvalue weighted by Gasteiger charge is 2.51. The number of ether oxygens (including phenoxy) is 4. The molecule has 0 amide bonds. The average Bonchev–Trinajstić information content (AvgIpc) is 3.11. The molecule has 0 aliphatic carbocycles. The van der Waals surface area contributed by atoms with Crippen LogP contribution in [0.2, 0.25) is 0 Å². The predicted octanol–water partition coefficient (Wildman–Crippen LogP) is 0.0289. The first-order chi connectivity index (χ1) is 25.6. The van der Waals surface area contributed by atoms with Crippen LogP contribution >= 0.6 is 0 Å². The normalized spacial score (nSPS) is 30.0. The summed E-state index contributed by atoms with van der Waals surface area (Å²) in [6, 6.07) is 0. The van der Waals surface area contributed by atoms with Gasteiger partial charge in [-0.25, -0.2) is 16.8 Å². The minimum absolute atomic E-state index is 0.128. The van der Waals surface area contributed by atoms with Crippen molar-refractivity contribution in [3.63, 3.8) is 0 Å². The highest BCUT2D eigenvalue weighted by Crippen LogP contribution is 2.30. The van der Waals surface area contributed by atoms with Gasteiger partial charge in [0.15, 0.2) is 32.3 Å². The van der Waals surface area contributed by atoms with Crippen LogP contribution < -0.4 is 0 Å². The Labute approximate surface area is 319 Å². The Morgan fingerprint density at radius 1 is 0.611 bits per heavy atom. The van der Waals surface area contributed by atoms with Gasteiger partial charge >= 0.3 is 5.97 Å². The summed E-state index contributed by atoms with van der Waals surface area (Å²) in [5, 5.41) is 80.6. The Hall–Kier alpha value is -1.07. The molecular weight excluding hydrogens is 757 g/mol. The van der Waals surface area contributed by atoms with E-state index in [9.17, 15) is 57.4 Å². The van der Waals surface area contributed by atoms with Crippen molar-refractivity contribution in [1.82, 2.24) is 0 Å². The number of carboxylic acids is 1. The van der Waals surface area contributed by atoms with Gasteiger partial charge in [-0.3, -0.25) is 4.79 Å². The van der Waals surface area contributed by atoms with Crippen molar-refractivity contribution in [2.45, 2.75) is 165 Å². The maximum absolute atomic E-state index is 13.2. The lowest BCUT2D eigenvalue weighted by molar-refractivity contribution is -0.359. The fourth-order valence-corrected chi connectivity index (χ4v) is 10.3. The summed E-state index contributed by atoms with van der Waals surface area (Å²) < 4.78 is 75.0. The molecule has 2 heterocycles. The molecule has 0 bridgehead atoms. The number of hydrogen-bond donors (Lipinski definition) is 8. The van der Waals surface area contributed by atoms with Crippen LogP contribution in [0.3, 0.4) is 0 Å². The predicted molar refractivity (Wildman–Crippen MR) is 196 cm³/mol. The molecule has 11 atom stereocenters. The largest absolute Gasteiger partial charge is 0.481 e. The van der Waals surface area contributed by atoms with Gasteiger partial charge in [-0.05, 0) is 19.3 Å². The molecule has 0 aromatic heterocycles. The van der Waals surface area contributed by atoms with Crippen molar-refractivity contribution in [1.29, 1.82) is 0 Å². The molecule has 2 aliphatic heterocycles. The number of hydrogen-bond acceptors (Lipinski definition) is 16. The van der Waals surface area contributed by atoms with Crippen LogP contribution in [0.5, 0.6) is 0 Å². The van der Waals surface area contributed by atoms with E-state index in [1.54, 1.807) is 0 Å². The standard InChI is InChI=1S/C35H66O17S2/c1-2-3-4-5-11-14-17-53(45,46)22-24(23-54(47,48)18-15-12-9-7-6-8-10-13-16-27(38)39)21-49-34-32(44)30(42)33(26(20-37)51-34)52-35-31(43)29(41)28(40)25(19-36)50-35/h24-26,28-37,40-44H,2-23H2,1H3,(H,38,39)/t24?,25-,26-,28+,29+,30-,31-,32-,33-,34+,35+/m1/s1. The Morgan fingerprint density at radius 2 is 1.07 bits per heavy atom. The van der Waals surface area contributed by atoms with Gasteiger partial charge in [-0.1, -0.05) is 77.6 Å². The molecule has 0 aromatic carbocycles. The van der Waals surface area contributed by atoms with Gasteiger partial charge in [0.1, 0.15) is 48.8 Å². The number of sulfone groups is 2. The number of aliphatic hydroxyl groups excluding tert-OH is 7. The van der Waals surface area contributed by atoms with E-state index in [0.717, 1.165) is 64.2 Å². The van der Waals surface area contributed by atoms with E-state index in [2.05, 4.69) is 6.92 Å². The Bertz CT molecular complexity index is 1250. The van der Waals surface area contributed by atoms with Gasteiger partial charge < -0.3 is 59.8 Å². The SMILES string of the molecule is CCCCCCCCS(=O)(=O)CC(CO[C@H]1O[C@H](CO)[C@@H](O[C@@H]2O[C@H](CO)[C@H](O)[C@H](O)[C@H]2O)[C@H](O)[C@H]1O)CS(=O)(=O)CCCCCCCCCCC(=O)O. The molecular formula is C35H66O17S2. The van der Waals surface area contributed by atoms with Crippen LogP contribution in [0, 0.1) is 5.92 Å². The lowest BCUT2D eigenvalue weighted by Gasteiger charge is -2.46. The summed E-state index contributed by atoms with van der Waals surface area (Å²) in [5.74, 6) is -3.16. The number of aliphatic carboxylic acids is 1. The Balaban J connectivity index is 2.03. The van der Waals surface area contributed by atoms with Gasteiger partial charge in [0.2, 0.25) is 0 Å². The lowest BCUT2D eigenvalue weighted by Crippen LogP contribution is -2.64. The maximum Gasteiger partial charge on any atom is 0.303 e. The third-order valence-corrected chi connectivity index (χ3v) is 13.6. The molecule has 320 valence electrons. The molecule has 0 saturated carbocycles. The first kappa shape index (κ1) is 49.1. The summed E-state index contributed by atoms with van der Waals surface area (Å²) in [5.41, 5.74) is 0. The van der Waals surface area contributed by atoms with Crippen LogP contribution in [0.15, 0.2) is 0 Å². The summed E-state index contributed by atoms with van der Waals surface area (Å²) in [7, 11) is -7.46. The molecule has 2 aliphatic rings. The fourth-order valence-electron chi connectivity index (χ4n) is 6.71. The fraction of sp³-hybridized carbons (Fsp3) is 0.971. The van der Waals surface area contributed by atoms with E-state index in [1.165, 1.54) is 0 Å². The molecule has 2 rings (SSSR count). The first-order valence-corrected chi connectivity index (χ1v) is 23.0. The molecule has 2 saturated heterocycles. The Morgan fingerprint density at radius 3 is 1.57 bits per heavy atom. The second-order valence-electron chi connectivity index (χ2n) is 14.7. The molecule has 2 fully saturated rings. The minimum atomic E-state index is -3.75. The summed E-state index contributed by atoms with van der Waals surface area (Å²) in [4.78, 5) is 10.6. The van der Waals surface area contributed by atoms with Crippen molar-refractivity contribution in [3.05, 3.63) is 0 Å². The van der Waals surface area contributed by atoms with Crippen LogP contribution in [-0.2, 0) is 43.4 Å². The molecule has 0 spiro atoms. The first-order valence-electron chi connectivity index (χ1n) is 19.4.